The summed E-state index contributed by atoms with van der Waals surface area (Å²) in [5, 5.41) is 13.6. The van der Waals surface area contributed by atoms with Crippen molar-refractivity contribution in [2.24, 2.45) is 0 Å². The van der Waals surface area contributed by atoms with E-state index in [-0.39, 0.29) is 12.5 Å². The van der Waals surface area contributed by atoms with E-state index in [2.05, 4.69) is 5.10 Å². The van der Waals surface area contributed by atoms with Crippen LogP contribution in [0.3, 0.4) is 0 Å². The third kappa shape index (κ3) is 1.99. The second-order valence-corrected chi connectivity index (χ2v) is 5.81. The summed E-state index contributed by atoms with van der Waals surface area (Å²) < 4.78 is 1.82. The summed E-state index contributed by atoms with van der Waals surface area (Å²) in [6.07, 6.45) is 5.53. The smallest absolute Gasteiger partial charge is 0.312 e. The summed E-state index contributed by atoms with van der Waals surface area (Å²) in [5.41, 5.74) is 1.88. The Balaban J connectivity index is 1.67. The van der Waals surface area contributed by atoms with Crippen molar-refractivity contribution in [1.82, 2.24) is 9.78 Å². The highest BCUT2D eigenvalue weighted by atomic mass is 16.4. The van der Waals surface area contributed by atoms with E-state index < -0.39 is 11.9 Å². The number of anilines is 1. The van der Waals surface area contributed by atoms with Crippen LogP contribution in [0.1, 0.15) is 40.7 Å². The normalized spacial score (nSPS) is 20.0. The van der Waals surface area contributed by atoms with Crippen LogP contribution in [0.4, 0.5) is 5.69 Å². The van der Waals surface area contributed by atoms with Crippen molar-refractivity contribution in [2.75, 3.05) is 11.4 Å². The Morgan fingerprint density at radius 3 is 2.73 bits per heavy atom. The molecule has 1 aliphatic carbocycles. The lowest BCUT2D eigenvalue weighted by atomic mass is 10.0. The third-order valence-electron chi connectivity index (χ3n) is 4.28. The van der Waals surface area contributed by atoms with Gasteiger partial charge < -0.3 is 10.0 Å². The molecular weight excluding hydrogens is 282 g/mol. The van der Waals surface area contributed by atoms with Crippen molar-refractivity contribution >= 4 is 17.6 Å². The van der Waals surface area contributed by atoms with Gasteiger partial charge in [-0.05, 0) is 24.5 Å². The third-order valence-corrected chi connectivity index (χ3v) is 4.28. The van der Waals surface area contributed by atoms with Crippen molar-refractivity contribution in [3.05, 3.63) is 47.8 Å². The number of amides is 1. The molecule has 0 spiro atoms. The highest BCUT2D eigenvalue weighted by Gasteiger charge is 2.37. The first-order valence-electron chi connectivity index (χ1n) is 7.33. The SMILES string of the molecule is O=C(O)C1CN(C(=O)c2cnn(C3CC3)c2)c2ccccc21. The van der Waals surface area contributed by atoms with Gasteiger partial charge in [-0.2, -0.15) is 5.10 Å². The molecule has 1 N–H and O–H groups in total. The number of hydrogen-bond acceptors (Lipinski definition) is 3. The summed E-state index contributed by atoms with van der Waals surface area (Å²) in [5.74, 6) is -1.77. The number of benzene rings is 1. The summed E-state index contributed by atoms with van der Waals surface area (Å²) >= 11 is 0. The Morgan fingerprint density at radius 1 is 1.23 bits per heavy atom. The van der Waals surface area contributed by atoms with Gasteiger partial charge in [0.25, 0.3) is 5.91 Å². The highest BCUT2D eigenvalue weighted by molar-refractivity contribution is 6.08. The molecule has 0 saturated heterocycles. The van der Waals surface area contributed by atoms with Crippen LogP contribution in [0.25, 0.3) is 0 Å². The molecule has 2 aliphatic rings. The highest BCUT2D eigenvalue weighted by Crippen LogP contribution is 2.38. The van der Waals surface area contributed by atoms with Crippen LogP contribution in [0.15, 0.2) is 36.7 Å². The van der Waals surface area contributed by atoms with Crippen molar-refractivity contribution in [3.63, 3.8) is 0 Å². The Kier molecular flexibility index (Phi) is 2.79. The predicted molar refractivity (Wildman–Crippen MR) is 79.0 cm³/mol. The van der Waals surface area contributed by atoms with Crippen molar-refractivity contribution < 1.29 is 14.7 Å². The fourth-order valence-electron chi connectivity index (χ4n) is 2.95. The first-order valence-corrected chi connectivity index (χ1v) is 7.33. The minimum Gasteiger partial charge on any atom is -0.481 e. The van der Waals surface area contributed by atoms with Crippen LogP contribution in [-0.2, 0) is 4.79 Å². The fraction of sp³-hybridized carbons (Fsp3) is 0.312. The Morgan fingerprint density at radius 2 is 2.00 bits per heavy atom. The summed E-state index contributed by atoms with van der Waals surface area (Å²) in [7, 11) is 0. The second kappa shape index (κ2) is 4.69. The molecule has 1 atom stereocenters. The number of fused-ring (bicyclic) bond motifs is 1. The molecule has 112 valence electrons. The first-order chi connectivity index (χ1) is 10.6. The number of rotatable bonds is 3. The predicted octanol–water partition coefficient (Wildman–Crippen LogP) is 2.05. The molecule has 0 radical (unpaired) electrons. The van der Waals surface area contributed by atoms with Crippen LogP contribution >= 0.6 is 0 Å². The standard InChI is InChI=1S/C16H15N3O3/c20-15(10-7-17-19(8-10)11-5-6-11)18-9-13(16(21)22)12-3-1-2-4-14(12)18/h1-4,7-8,11,13H,5-6,9H2,(H,21,22). The van der Waals surface area contributed by atoms with E-state index >= 15 is 0 Å². The molecule has 1 fully saturated rings. The zero-order valence-corrected chi connectivity index (χ0v) is 11.8. The van der Waals surface area contributed by atoms with Gasteiger partial charge in [0.1, 0.15) is 5.92 Å². The maximum absolute atomic E-state index is 12.7. The second-order valence-electron chi connectivity index (χ2n) is 5.81. The number of aromatic nitrogens is 2. The quantitative estimate of drug-likeness (QED) is 0.940. The van der Waals surface area contributed by atoms with Crippen molar-refractivity contribution in [1.29, 1.82) is 0 Å². The minimum atomic E-state index is -0.906. The summed E-state index contributed by atoms with van der Waals surface area (Å²) in [4.78, 5) is 25.7. The lowest BCUT2D eigenvalue weighted by Gasteiger charge is -2.16. The van der Waals surface area contributed by atoms with E-state index in [4.69, 9.17) is 0 Å². The van der Waals surface area contributed by atoms with E-state index in [9.17, 15) is 14.7 Å². The molecule has 22 heavy (non-hydrogen) atoms. The van der Waals surface area contributed by atoms with Crippen LogP contribution in [-0.4, -0.2) is 33.3 Å². The van der Waals surface area contributed by atoms with Crippen LogP contribution in [0, 0.1) is 0 Å². The van der Waals surface area contributed by atoms with Crippen LogP contribution < -0.4 is 4.90 Å². The average molecular weight is 297 g/mol. The van der Waals surface area contributed by atoms with E-state index in [1.54, 1.807) is 35.5 Å². The van der Waals surface area contributed by atoms with Gasteiger partial charge in [-0.15, -0.1) is 0 Å². The van der Waals surface area contributed by atoms with E-state index in [1.165, 1.54) is 0 Å². The molecule has 6 heteroatoms. The number of para-hydroxylation sites is 1. The maximum atomic E-state index is 12.7. The van der Waals surface area contributed by atoms with Crippen LogP contribution in [0.5, 0.6) is 0 Å². The number of nitrogens with zero attached hydrogens (tertiary/aromatic N) is 3. The van der Waals surface area contributed by atoms with E-state index in [0.29, 0.717) is 22.9 Å². The minimum absolute atomic E-state index is 0.169. The summed E-state index contributed by atoms with van der Waals surface area (Å²) in [6, 6.07) is 7.60. The Hall–Kier alpha value is -2.63. The van der Waals surface area contributed by atoms with E-state index in [0.717, 1.165) is 12.8 Å². The molecule has 0 bridgehead atoms. The molecule has 1 unspecified atom stereocenters. The number of carbonyl (C=O) groups is 2. The molecule has 1 saturated carbocycles. The molecule has 2 heterocycles. The molecule has 1 aromatic carbocycles. The van der Waals surface area contributed by atoms with Crippen molar-refractivity contribution in [2.45, 2.75) is 24.8 Å². The zero-order chi connectivity index (χ0) is 15.3. The maximum Gasteiger partial charge on any atom is 0.312 e. The molecule has 1 aliphatic heterocycles. The van der Waals surface area contributed by atoms with Gasteiger partial charge in [-0.3, -0.25) is 14.3 Å². The molecule has 1 aromatic heterocycles. The van der Waals surface area contributed by atoms with Gasteiger partial charge in [0, 0.05) is 18.4 Å². The van der Waals surface area contributed by atoms with Gasteiger partial charge >= 0.3 is 5.97 Å². The Labute approximate surface area is 127 Å². The van der Waals surface area contributed by atoms with Gasteiger partial charge in [0.05, 0.1) is 17.8 Å². The monoisotopic (exact) mass is 297 g/mol. The lowest BCUT2D eigenvalue weighted by molar-refractivity contribution is -0.138. The number of aliphatic carboxylic acids is 1. The fourth-order valence-corrected chi connectivity index (χ4v) is 2.95. The van der Waals surface area contributed by atoms with Crippen LogP contribution in [0.2, 0.25) is 0 Å². The average Bonchev–Trinajstić information content (AvgIpc) is 3.12. The number of hydrogen-bond donors (Lipinski definition) is 1. The number of carboxylic acid groups (broad SMARTS) is 1. The largest absolute Gasteiger partial charge is 0.481 e. The van der Waals surface area contributed by atoms with Gasteiger partial charge in [-0.25, -0.2) is 0 Å². The molecule has 1 amide bonds. The molecule has 2 aromatic rings. The Bertz CT molecular complexity index is 764. The zero-order valence-electron chi connectivity index (χ0n) is 11.8. The van der Waals surface area contributed by atoms with E-state index in [1.807, 2.05) is 10.7 Å². The van der Waals surface area contributed by atoms with Gasteiger partial charge in [-0.1, -0.05) is 18.2 Å². The topological polar surface area (TPSA) is 75.4 Å². The molecule has 4 rings (SSSR count). The first kappa shape index (κ1) is 13.1. The van der Waals surface area contributed by atoms with Crippen molar-refractivity contribution in [3.8, 4) is 0 Å². The lowest BCUT2D eigenvalue weighted by Crippen LogP contribution is -2.31. The van der Waals surface area contributed by atoms with Gasteiger partial charge in [0.15, 0.2) is 0 Å². The molecule has 6 nitrogen and oxygen atoms in total. The number of carbonyl (C=O) groups excluding carboxylic acids is 1. The molecular formula is C16H15N3O3. The summed E-state index contributed by atoms with van der Waals surface area (Å²) in [6.45, 7) is 0.169. The van der Waals surface area contributed by atoms with Gasteiger partial charge in [0.2, 0.25) is 0 Å². The number of carboxylic acids is 1.